The Morgan fingerprint density at radius 3 is 1.73 bits per heavy atom. The van der Waals surface area contributed by atoms with Crippen LogP contribution in [0.4, 0.5) is 0 Å². The van der Waals surface area contributed by atoms with E-state index in [0.29, 0.717) is 24.3 Å². The van der Waals surface area contributed by atoms with Crippen molar-refractivity contribution >= 4 is 11.9 Å². The number of esters is 2. The van der Waals surface area contributed by atoms with Crippen LogP contribution in [0.3, 0.4) is 0 Å². The molecule has 6 nitrogen and oxygen atoms in total. The van der Waals surface area contributed by atoms with Crippen molar-refractivity contribution in [1.29, 1.82) is 0 Å². The molecule has 0 spiro atoms. The fraction of sp³-hybridized carbons (Fsp3) is 0.667. The van der Waals surface area contributed by atoms with E-state index in [-0.39, 0.29) is 30.5 Å². The molecule has 0 aliphatic heterocycles. The maximum Gasteiger partial charge on any atom is 0.306 e. The second kappa shape index (κ2) is 11.2. The molecule has 0 saturated heterocycles. The van der Waals surface area contributed by atoms with Crippen molar-refractivity contribution in [3.63, 3.8) is 0 Å². The summed E-state index contributed by atoms with van der Waals surface area (Å²) in [6.45, 7) is 10.4. The molecule has 0 heterocycles. The summed E-state index contributed by atoms with van der Waals surface area (Å²) < 4.78 is 15.8. The number of benzene rings is 1. The lowest BCUT2D eigenvalue weighted by atomic mass is 9.71. The molecule has 6 heteroatoms. The van der Waals surface area contributed by atoms with Crippen LogP contribution < -0.4 is 4.74 Å². The van der Waals surface area contributed by atoms with E-state index in [0.717, 1.165) is 24.8 Å². The first-order chi connectivity index (χ1) is 14.1. The standard InChI is InChI=1S/C24H38O6/c1-8-11-23(4,15-21(26)28-6)17-14-20(30-10-3)18(13-19(17)25)24(5,12-9-2)16-22(27)29-7/h13-14,25H,8-12,15-16H2,1-7H3. The zero-order valence-electron chi connectivity index (χ0n) is 19.6. The Bertz CT molecular complexity index is 729. The molecule has 30 heavy (non-hydrogen) atoms. The number of rotatable bonds is 12. The van der Waals surface area contributed by atoms with Gasteiger partial charge >= 0.3 is 11.9 Å². The first kappa shape index (κ1) is 25.8. The first-order valence-corrected chi connectivity index (χ1v) is 10.7. The van der Waals surface area contributed by atoms with Crippen LogP contribution in [0.2, 0.25) is 0 Å². The summed E-state index contributed by atoms with van der Waals surface area (Å²) >= 11 is 0. The van der Waals surface area contributed by atoms with Gasteiger partial charge in [-0.15, -0.1) is 0 Å². The molecule has 0 bridgehead atoms. The smallest absolute Gasteiger partial charge is 0.306 e. The molecule has 2 unspecified atom stereocenters. The zero-order valence-corrected chi connectivity index (χ0v) is 19.6. The summed E-state index contributed by atoms with van der Waals surface area (Å²) in [6.07, 6.45) is 3.48. The predicted octanol–water partition coefficient (Wildman–Crippen LogP) is 5.03. The number of carbonyl (C=O) groups is 2. The Hall–Kier alpha value is -2.24. The zero-order chi connectivity index (χ0) is 22.9. The van der Waals surface area contributed by atoms with E-state index in [1.807, 2.05) is 33.8 Å². The van der Waals surface area contributed by atoms with Crippen LogP contribution in [0, 0.1) is 0 Å². The van der Waals surface area contributed by atoms with Crippen LogP contribution in [0.1, 0.15) is 84.3 Å². The minimum absolute atomic E-state index is 0.0977. The van der Waals surface area contributed by atoms with Gasteiger partial charge in [0, 0.05) is 22.0 Å². The van der Waals surface area contributed by atoms with Crippen molar-refractivity contribution in [1.82, 2.24) is 0 Å². The third-order valence-corrected chi connectivity index (χ3v) is 5.83. The van der Waals surface area contributed by atoms with E-state index in [1.165, 1.54) is 14.2 Å². The van der Waals surface area contributed by atoms with Crippen molar-refractivity contribution < 1.29 is 28.9 Å². The van der Waals surface area contributed by atoms with E-state index in [2.05, 4.69) is 6.92 Å². The van der Waals surface area contributed by atoms with E-state index in [4.69, 9.17) is 14.2 Å². The summed E-state index contributed by atoms with van der Waals surface area (Å²) in [5, 5.41) is 11.0. The minimum atomic E-state index is -0.597. The van der Waals surface area contributed by atoms with Gasteiger partial charge < -0.3 is 19.3 Å². The number of ether oxygens (including phenoxy) is 3. The molecule has 0 radical (unpaired) electrons. The van der Waals surface area contributed by atoms with Crippen molar-refractivity contribution in [2.45, 2.75) is 84.0 Å². The maximum atomic E-state index is 12.1. The highest BCUT2D eigenvalue weighted by Crippen LogP contribution is 2.46. The number of hydrogen-bond acceptors (Lipinski definition) is 6. The topological polar surface area (TPSA) is 82.1 Å². The number of methoxy groups -OCH3 is 2. The number of phenolic OH excluding ortho intramolecular Hbond substituents is 1. The molecule has 170 valence electrons. The Balaban J connectivity index is 3.64. The van der Waals surface area contributed by atoms with Gasteiger partial charge in [-0.2, -0.15) is 0 Å². The quantitative estimate of drug-likeness (QED) is 0.476. The molecule has 0 saturated carbocycles. The molecular weight excluding hydrogens is 384 g/mol. The van der Waals surface area contributed by atoms with Gasteiger partial charge in [-0.25, -0.2) is 0 Å². The molecule has 2 atom stereocenters. The van der Waals surface area contributed by atoms with Gasteiger partial charge in [0.15, 0.2) is 0 Å². The predicted molar refractivity (Wildman–Crippen MR) is 117 cm³/mol. The highest BCUT2D eigenvalue weighted by Gasteiger charge is 2.37. The van der Waals surface area contributed by atoms with Crippen LogP contribution in [0.25, 0.3) is 0 Å². The molecule has 0 aromatic heterocycles. The van der Waals surface area contributed by atoms with Crippen LogP contribution in [-0.4, -0.2) is 37.9 Å². The van der Waals surface area contributed by atoms with Gasteiger partial charge in [0.1, 0.15) is 11.5 Å². The molecule has 0 aliphatic carbocycles. The summed E-state index contributed by atoms with van der Waals surface area (Å²) in [4.78, 5) is 24.2. The van der Waals surface area contributed by atoms with Gasteiger partial charge in [-0.1, -0.05) is 40.5 Å². The highest BCUT2D eigenvalue weighted by atomic mass is 16.5. The van der Waals surface area contributed by atoms with E-state index in [9.17, 15) is 14.7 Å². The Kier molecular flexibility index (Phi) is 9.66. The van der Waals surface area contributed by atoms with Crippen molar-refractivity contribution in [2.75, 3.05) is 20.8 Å². The third-order valence-electron chi connectivity index (χ3n) is 5.83. The molecular formula is C24H38O6. The molecule has 1 aromatic rings. The van der Waals surface area contributed by atoms with E-state index < -0.39 is 10.8 Å². The van der Waals surface area contributed by atoms with Gasteiger partial charge in [-0.05, 0) is 31.9 Å². The van der Waals surface area contributed by atoms with Crippen molar-refractivity contribution in [3.8, 4) is 11.5 Å². The van der Waals surface area contributed by atoms with Crippen LogP contribution >= 0.6 is 0 Å². The lowest BCUT2D eigenvalue weighted by molar-refractivity contribution is -0.143. The molecule has 0 fully saturated rings. The second-order valence-corrected chi connectivity index (χ2v) is 8.43. The lowest BCUT2D eigenvalue weighted by Gasteiger charge is -2.34. The molecule has 0 amide bonds. The number of phenols is 1. The second-order valence-electron chi connectivity index (χ2n) is 8.43. The molecule has 1 rings (SSSR count). The van der Waals surface area contributed by atoms with E-state index >= 15 is 0 Å². The van der Waals surface area contributed by atoms with Gasteiger partial charge in [-0.3, -0.25) is 9.59 Å². The Labute approximate surface area is 180 Å². The summed E-state index contributed by atoms with van der Waals surface area (Å²) in [6, 6.07) is 3.53. The normalized spacial score (nSPS) is 15.0. The van der Waals surface area contributed by atoms with Crippen molar-refractivity contribution in [2.24, 2.45) is 0 Å². The number of hydrogen-bond donors (Lipinski definition) is 1. The van der Waals surface area contributed by atoms with Gasteiger partial charge in [0.2, 0.25) is 0 Å². The lowest BCUT2D eigenvalue weighted by Crippen LogP contribution is -2.29. The molecule has 0 aliphatic rings. The Morgan fingerprint density at radius 2 is 1.33 bits per heavy atom. The van der Waals surface area contributed by atoms with Gasteiger partial charge in [0.25, 0.3) is 0 Å². The number of carbonyl (C=O) groups excluding carboxylic acids is 2. The molecule has 1 N–H and O–H groups in total. The highest BCUT2D eigenvalue weighted by molar-refractivity contribution is 5.73. The van der Waals surface area contributed by atoms with Gasteiger partial charge in [0.05, 0.1) is 33.7 Å². The van der Waals surface area contributed by atoms with Crippen LogP contribution in [-0.2, 0) is 29.9 Å². The van der Waals surface area contributed by atoms with Crippen LogP contribution in [0.5, 0.6) is 11.5 Å². The Morgan fingerprint density at radius 1 is 0.867 bits per heavy atom. The third kappa shape index (κ3) is 6.13. The molecule has 1 aromatic carbocycles. The summed E-state index contributed by atoms with van der Waals surface area (Å²) in [5.74, 6) is 0.0882. The fourth-order valence-electron chi connectivity index (χ4n) is 4.32. The average molecular weight is 423 g/mol. The average Bonchev–Trinajstić information content (AvgIpc) is 2.69. The largest absolute Gasteiger partial charge is 0.508 e. The van der Waals surface area contributed by atoms with E-state index in [1.54, 1.807) is 6.07 Å². The minimum Gasteiger partial charge on any atom is -0.508 e. The SMILES string of the molecule is CCCC(C)(CC(=O)OC)c1cc(OCC)c(C(C)(CCC)CC(=O)OC)cc1O. The fourth-order valence-corrected chi connectivity index (χ4v) is 4.32. The first-order valence-electron chi connectivity index (χ1n) is 10.7. The monoisotopic (exact) mass is 422 g/mol. The summed E-state index contributed by atoms with van der Waals surface area (Å²) in [7, 11) is 2.74. The van der Waals surface area contributed by atoms with Crippen molar-refractivity contribution in [3.05, 3.63) is 23.3 Å². The maximum absolute atomic E-state index is 12.1. The number of aromatic hydroxyl groups is 1. The summed E-state index contributed by atoms with van der Waals surface area (Å²) in [5.41, 5.74) is 0.278. The van der Waals surface area contributed by atoms with Crippen LogP contribution in [0.15, 0.2) is 12.1 Å².